The van der Waals surface area contributed by atoms with E-state index in [1.807, 2.05) is 19.1 Å². The summed E-state index contributed by atoms with van der Waals surface area (Å²) in [5.74, 6) is -0.830. The molecule has 0 aliphatic heterocycles. The summed E-state index contributed by atoms with van der Waals surface area (Å²) in [5, 5.41) is 2.42. The fraction of sp³-hybridized carbons (Fsp3) is 0.263. The van der Waals surface area contributed by atoms with Crippen molar-refractivity contribution in [2.75, 3.05) is 24.8 Å². The standard InChI is InChI=1S/C19H21NO6S/c1-3-14-8-10-15(11-9-14)25-13-19(22)26-12-18(21)20-16-6-4-5-7-17(16)27(2,23)24/h4-11H,3,12-13H2,1-2H3,(H,20,21). The molecule has 0 radical (unpaired) electrons. The number of carbonyl (C=O) groups is 2. The first kappa shape index (κ1) is 20.4. The first-order chi connectivity index (χ1) is 12.8. The fourth-order valence-electron chi connectivity index (χ4n) is 2.23. The molecule has 0 aliphatic rings. The number of amides is 1. The van der Waals surface area contributed by atoms with Crippen LogP contribution in [-0.4, -0.2) is 39.8 Å². The van der Waals surface area contributed by atoms with Gasteiger partial charge in [0.25, 0.3) is 5.91 Å². The lowest BCUT2D eigenvalue weighted by Crippen LogP contribution is -2.24. The summed E-state index contributed by atoms with van der Waals surface area (Å²) in [7, 11) is -3.50. The molecule has 2 aromatic carbocycles. The zero-order valence-corrected chi connectivity index (χ0v) is 15.9. The minimum atomic E-state index is -3.50. The Morgan fingerprint density at radius 2 is 1.67 bits per heavy atom. The predicted molar refractivity (Wildman–Crippen MR) is 100 cm³/mol. The fourth-order valence-corrected chi connectivity index (χ4v) is 3.08. The van der Waals surface area contributed by atoms with Gasteiger partial charge in [0.05, 0.1) is 10.6 Å². The van der Waals surface area contributed by atoms with Gasteiger partial charge in [-0.1, -0.05) is 31.2 Å². The number of hydrogen-bond donors (Lipinski definition) is 1. The van der Waals surface area contributed by atoms with Gasteiger partial charge in [-0.3, -0.25) is 4.79 Å². The van der Waals surface area contributed by atoms with Gasteiger partial charge in [-0.25, -0.2) is 13.2 Å². The maximum Gasteiger partial charge on any atom is 0.344 e. The van der Waals surface area contributed by atoms with Gasteiger partial charge in [-0.05, 0) is 36.2 Å². The Morgan fingerprint density at radius 1 is 1.00 bits per heavy atom. The molecule has 1 N–H and O–H groups in total. The van der Waals surface area contributed by atoms with Crippen LogP contribution in [0.5, 0.6) is 5.75 Å². The lowest BCUT2D eigenvalue weighted by molar-refractivity contribution is -0.149. The highest BCUT2D eigenvalue weighted by molar-refractivity contribution is 7.90. The molecular weight excluding hydrogens is 370 g/mol. The van der Waals surface area contributed by atoms with Gasteiger partial charge in [-0.2, -0.15) is 0 Å². The van der Waals surface area contributed by atoms with Gasteiger partial charge in [-0.15, -0.1) is 0 Å². The Morgan fingerprint density at radius 3 is 2.30 bits per heavy atom. The second kappa shape index (κ2) is 9.18. The molecule has 27 heavy (non-hydrogen) atoms. The van der Waals surface area contributed by atoms with Crippen LogP contribution in [0.15, 0.2) is 53.4 Å². The highest BCUT2D eigenvalue weighted by atomic mass is 32.2. The lowest BCUT2D eigenvalue weighted by Gasteiger charge is -2.10. The van der Waals surface area contributed by atoms with Crippen LogP contribution in [-0.2, 0) is 30.6 Å². The van der Waals surface area contributed by atoms with E-state index in [2.05, 4.69) is 5.32 Å². The molecule has 144 valence electrons. The van der Waals surface area contributed by atoms with E-state index < -0.39 is 28.3 Å². The molecular formula is C19H21NO6S. The SMILES string of the molecule is CCc1ccc(OCC(=O)OCC(=O)Nc2ccccc2S(C)(=O)=O)cc1. The maximum atomic E-state index is 11.9. The summed E-state index contributed by atoms with van der Waals surface area (Å²) in [5.41, 5.74) is 1.28. The second-order valence-corrected chi connectivity index (χ2v) is 7.75. The molecule has 0 aromatic heterocycles. The van der Waals surface area contributed by atoms with Crippen molar-refractivity contribution in [3.8, 4) is 5.75 Å². The third kappa shape index (κ3) is 6.41. The van der Waals surface area contributed by atoms with Gasteiger partial charge in [0.15, 0.2) is 23.1 Å². The molecule has 8 heteroatoms. The molecule has 0 unspecified atom stereocenters. The molecule has 0 fully saturated rings. The zero-order chi connectivity index (χ0) is 19.9. The van der Waals surface area contributed by atoms with Gasteiger partial charge >= 0.3 is 5.97 Å². The number of nitrogens with one attached hydrogen (secondary N) is 1. The van der Waals surface area contributed by atoms with Crippen molar-refractivity contribution in [2.24, 2.45) is 0 Å². The summed E-state index contributed by atoms with van der Waals surface area (Å²) < 4.78 is 33.6. The average Bonchev–Trinajstić information content (AvgIpc) is 2.64. The lowest BCUT2D eigenvalue weighted by atomic mass is 10.2. The first-order valence-electron chi connectivity index (χ1n) is 8.26. The van der Waals surface area contributed by atoms with Crippen LogP contribution >= 0.6 is 0 Å². The summed E-state index contributed by atoms with van der Waals surface area (Å²) in [6, 6.07) is 13.3. The van der Waals surface area contributed by atoms with Crippen molar-refractivity contribution >= 4 is 27.4 Å². The third-order valence-corrected chi connectivity index (χ3v) is 4.77. The Labute approximate surface area is 158 Å². The van der Waals surface area contributed by atoms with Crippen LogP contribution in [0.1, 0.15) is 12.5 Å². The summed E-state index contributed by atoms with van der Waals surface area (Å²) in [6.45, 7) is 1.15. The van der Waals surface area contributed by atoms with Gasteiger partial charge in [0.2, 0.25) is 0 Å². The Balaban J connectivity index is 1.82. The average molecular weight is 391 g/mol. The molecule has 0 aliphatic carbocycles. The number of para-hydroxylation sites is 1. The Kier molecular flexibility index (Phi) is 6.95. The molecule has 0 bridgehead atoms. The quantitative estimate of drug-likeness (QED) is 0.693. The molecule has 2 aromatic rings. The van der Waals surface area contributed by atoms with Gasteiger partial charge in [0, 0.05) is 6.26 Å². The van der Waals surface area contributed by atoms with Gasteiger partial charge < -0.3 is 14.8 Å². The van der Waals surface area contributed by atoms with Crippen LogP contribution in [0.2, 0.25) is 0 Å². The molecule has 2 rings (SSSR count). The summed E-state index contributed by atoms with van der Waals surface area (Å²) >= 11 is 0. The highest BCUT2D eigenvalue weighted by Crippen LogP contribution is 2.20. The number of aryl methyl sites for hydroxylation is 1. The predicted octanol–water partition coefficient (Wildman–Crippen LogP) is 2.21. The van der Waals surface area contributed by atoms with Crippen molar-refractivity contribution in [1.29, 1.82) is 0 Å². The first-order valence-corrected chi connectivity index (χ1v) is 10.1. The van der Waals surface area contributed by atoms with E-state index in [4.69, 9.17) is 9.47 Å². The minimum absolute atomic E-state index is 0.0106. The largest absolute Gasteiger partial charge is 0.482 e. The molecule has 7 nitrogen and oxygen atoms in total. The minimum Gasteiger partial charge on any atom is -0.482 e. The van der Waals surface area contributed by atoms with E-state index in [-0.39, 0.29) is 17.2 Å². The van der Waals surface area contributed by atoms with Crippen LogP contribution in [0, 0.1) is 0 Å². The molecule has 0 atom stereocenters. The maximum absolute atomic E-state index is 11.9. The monoisotopic (exact) mass is 391 g/mol. The normalized spacial score (nSPS) is 10.9. The van der Waals surface area contributed by atoms with Crippen LogP contribution in [0.4, 0.5) is 5.69 Å². The van der Waals surface area contributed by atoms with Gasteiger partial charge in [0.1, 0.15) is 5.75 Å². The number of esters is 1. The number of ether oxygens (including phenoxy) is 2. The molecule has 0 saturated carbocycles. The number of hydrogen-bond acceptors (Lipinski definition) is 6. The Bertz CT molecular complexity index is 906. The Hall–Kier alpha value is -2.87. The molecule has 0 heterocycles. The molecule has 0 saturated heterocycles. The number of carbonyl (C=O) groups excluding carboxylic acids is 2. The molecule has 1 amide bonds. The zero-order valence-electron chi connectivity index (χ0n) is 15.1. The highest BCUT2D eigenvalue weighted by Gasteiger charge is 2.15. The van der Waals surface area contributed by atoms with Crippen molar-refractivity contribution in [2.45, 2.75) is 18.2 Å². The van der Waals surface area contributed by atoms with Crippen LogP contribution in [0.25, 0.3) is 0 Å². The second-order valence-electron chi connectivity index (χ2n) is 5.76. The smallest absolute Gasteiger partial charge is 0.344 e. The summed E-state index contributed by atoms with van der Waals surface area (Å²) in [6.07, 6.45) is 1.95. The van der Waals surface area contributed by atoms with Crippen molar-refractivity contribution < 1.29 is 27.5 Å². The van der Waals surface area contributed by atoms with E-state index in [9.17, 15) is 18.0 Å². The number of anilines is 1. The molecule has 0 spiro atoms. The van der Waals surface area contributed by atoms with E-state index in [1.165, 1.54) is 12.1 Å². The van der Waals surface area contributed by atoms with Crippen molar-refractivity contribution in [1.82, 2.24) is 0 Å². The number of rotatable bonds is 8. The number of sulfone groups is 1. The van der Waals surface area contributed by atoms with E-state index in [0.717, 1.165) is 18.2 Å². The van der Waals surface area contributed by atoms with E-state index in [1.54, 1.807) is 24.3 Å². The van der Waals surface area contributed by atoms with Crippen LogP contribution in [0.3, 0.4) is 0 Å². The van der Waals surface area contributed by atoms with Crippen molar-refractivity contribution in [3.05, 3.63) is 54.1 Å². The number of benzene rings is 2. The van der Waals surface area contributed by atoms with E-state index in [0.29, 0.717) is 5.75 Å². The topological polar surface area (TPSA) is 98.8 Å². The summed E-state index contributed by atoms with van der Waals surface area (Å²) in [4.78, 5) is 23.6. The van der Waals surface area contributed by atoms with E-state index >= 15 is 0 Å². The van der Waals surface area contributed by atoms with Crippen molar-refractivity contribution in [3.63, 3.8) is 0 Å². The third-order valence-electron chi connectivity index (χ3n) is 3.61. The van der Waals surface area contributed by atoms with Crippen LogP contribution < -0.4 is 10.1 Å².